The topological polar surface area (TPSA) is 33.1 Å². The third-order valence-electron chi connectivity index (χ3n) is 2.98. The summed E-state index contributed by atoms with van der Waals surface area (Å²) in [4.78, 5) is 3.62. The van der Waals surface area contributed by atoms with Crippen LogP contribution >= 0.6 is 0 Å². The lowest BCUT2D eigenvalue weighted by atomic mass is 9.95. The molecule has 1 aromatic heterocycles. The molecule has 1 N–H and O–H groups in total. The van der Waals surface area contributed by atoms with Crippen LogP contribution in [0.4, 0.5) is 17.6 Å². The molecule has 0 saturated carbocycles. The van der Waals surface area contributed by atoms with Crippen molar-refractivity contribution in [1.29, 1.82) is 0 Å². The van der Waals surface area contributed by atoms with E-state index in [1.807, 2.05) is 0 Å². The van der Waals surface area contributed by atoms with Crippen LogP contribution in [0.2, 0.25) is 0 Å². The summed E-state index contributed by atoms with van der Waals surface area (Å²) >= 11 is 0. The number of hydrogen-bond donors (Lipinski definition) is 1. The number of aryl methyl sites for hydroxylation is 1. The highest BCUT2D eigenvalue weighted by Gasteiger charge is 2.35. The van der Waals surface area contributed by atoms with Gasteiger partial charge in [0.1, 0.15) is 11.9 Å². The van der Waals surface area contributed by atoms with Crippen molar-refractivity contribution in [2.75, 3.05) is 0 Å². The SMILES string of the molecule is Cc1cc(F)ccc1C(O)c1cnccc1C(F)(F)F. The van der Waals surface area contributed by atoms with E-state index >= 15 is 0 Å². The van der Waals surface area contributed by atoms with Gasteiger partial charge in [-0.25, -0.2) is 4.39 Å². The van der Waals surface area contributed by atoms with E-state index in [1.165, 1.54) is 13.0 Å². The average molecular weight is 285 g/mol. The summed E-state index contributed by atoms with van der Waals surface area (Å²) in [6.45, 7) is 1.52. The lowest BCUT2D eigenvalue weighted by Crippen LogP contribution is -2.13. The normalized spacial score (nSPS) is 13.3. The van der Waals surface area contributed by atoms with Gasteiger partial charge in [0.15, 0.2) is 0 Å². The summed E-state index contributed by atoms with van der Waals surface area (Å²) in [5.41, 5.74) is -0.724. The van der Waals surface area contributed by atoms with Crippen LogP contribution in [-0.2, 0) is 6.18 Å². The molecule has 0 fully saturated rings. The Morgan fingerprint density at radius 1 is 1.15 bits per heavy atom. The Labute approximate surface area is 112 Å². The van der Waals surface area contributed by atoms with Gasteiger partial charge in [0.05, 0.1) is 5.56 Å². The predicted octanol–water partition coefficient (Wildman–Crippen LogP) is 3.63. The molecule has 1 atom stereocenters. The molecule has 2 nitrogen and oxygen atoms in total. The number of aliphatic hydroxyl groups is 1. The number of halogens is 4. The predicted molar refractivity (Wildman–Crippen MR) is 64.4 cm³/mol. The summed E-state index contributed by atoms with van der Waals surface area (Å²) in [7, 11) is 0. The number of nitrogens with zero attached hydrogens (tertiary/aromatic N) is 1. The van der Waals surface area contributed by atoms with E-state index in [9.17, 15) is 22.7 Å². The maximum Gasteiger partial charge on any atom is 0.416 e. The van der Waals surface area contributed by atoms with E-state index in [2.05, 4.69) is 4.98 Å². The monoisotopic (exact) mass is 285 g/mol. The van der Waals surface area contributed by atoms with Gasteiger partial charge >= 0.3 is 6.18 Å². The molecule has 0 aliphatic carbocycles. The van der Waals surface area contributed by atoms with Gasteiger partial charge in [-0.2, -0.15) is 13.2 Å². The second-order valence-corrected chi connectivity index (χ2v) is 4.36. The van der Waals surface area contributed by atoms with E-state index < -0.39 is 23.7 Å². The summed E-state index contributed by atoms with van der Waals surface area (Å²) in [6, 6.07) is 4.32. The number of pyridine rings is 1. The van der Waals surface area contributed by atoms with Crippen molar-refractivity contribution in [1.82, 2.24) is 4.98 Å². The van der Waals surface area contributed by atoms with E-state index in [-0.39, 0.29) is 11.1 Å². The van der Waals surface area contributed by atoms with Crippen molar-refractivity contribution in [2.45, 2.75) is 19.2 Å². The van der Waals surface area contributed by atoms with E-state index in [0.717, 1.165) is 30.6 Å². The standard InChI is InChI=1S/C14H11F4NO/c1-8-6-9(15)2-3-10(8)13(20)11-7-19-5-4-12(11)14(16,17)18/h2-7,13,20H,1H3. The van der Waals surface area contributed by atoms with Crippen LogP contribution < -0.4 is 0 Å². The first kappa shape index (κ1) is 14.5. The van der Waals surface area contributed by atoms with Crippen LogP contribution in [0.5, 0.6) is 0 Å². The zero-order valence-electron chi connectivity index (χ0n) is 10.4. The fourth-order valence-corrected chi connectivity index (χ4v) is 2.00. The first-order valence-corrected chi connectivity index (χ1v) is 5.76. The molecule has 6 heteroatoms. The van der Waals surface area contributed by atoms with Crippen molar-refractivity contribution in [3.05, 3.63) is 64.7 Å². The number of benzene rings is 1. The van der Waals surface area contributed by atoms with Gasteiger partial charge in [-0.3, -0.25) is 4.98 Å². The highest BCUT2D eigenvalue weighted by molar-refractivity contribution is 5.38. The maximum absolute atomic E-state index is 13.0. The minimum absolute atomic E-state index is 0.213. The number of aliphatic hydroxyl groups excluding tert-OH is 1. The Bertz CT molecular complexity index is 625. The lowest BCUT2D eigenvalue weighted by Gasteiger charge is -2.18. The Morgan fingerprint density at radius 2 is 1.85 bits per heavy atom. The molecule has 0 radical (unpaired) electrons. The van der Waals surface area contributed by atoms with Gasteiger partial charge in [-0.1, -0.05) is 6.07 Å². The molecule has 0 aliphatic rings. The van der Waals surface area contributed by atoms with E-state index in [0.29, 0.717) is 5.56 Å². The molecule has 20 heavy (non-hydrogen) atoms. The van der Waals surface area contributed by atoms with E-state index in [4.69, 9.17) is 0 Å². The van der Waals surface area contributed by atoms with Gasteiger partial charge in [-0.15, -0.1) is 0 Å². The first-order valence-electron chi connectivity index (χ1n) is 5.76. The van der Waals surface area contributed by atoms with Crippen molar-refractivity contribution < 1.29 is 22.7 Å². The van der Waals surface area contributed by atoms with Crippen LogP contribution in [0.3, 0.4) is 0 Å². The third kappa shape index (κ3) is 2.80. The number of rotatable bonds is 2. The quantitative estimate of drug-likeness (QED) is 0.855. The number of alkyl halides is 3. The first-order chi connectivity index (χ1) is 9.30. The Hall–Kier alpha value is -1.95. The molecular formula is C14H11F4NO. The molecule has 1 unspecified atom stereocenters. The van der Waals surface area contributed by atoms with Gasteiger partial charge in [0.2, 0.25) is 0 Å². The lowest BCUT2D eigenvalue weighted by molar-refractivity contribution is -0.139. The molecule has 1 aromatic carbocycles. The molecule has 0 bridgehead atoms. The van der Waals surface area contributed by atoms with Gasteiger partial charge < -0.3 is 5.11 Å². The highest BCUT2D eigenvalue weighted by Crippen LogP contribution is 2.36. The Balaban J connectivity index is 2.51. The van der Waals surface area contributed by atoms with Gasteiger partial charge in [0, 0.05) is 18.0 Å². The third-order valence-corrected chi connectivity index (χ3v) is 2.98. The maximum atomic E-state index is 13.0. The van der Waals surface area contributed by atoms with Crippen molar-refractivity contribution in [2.24, 2.45) is 0 Å². The van der Waals surface area contributed by atoms with E-state index in [1.54, 1.807) is 0 Å². The molecule has 2 rings (SSSR count). The molecule has 0 saturated heterocycles. The molecule has 0 aliphatic heterocycles. The van der Waals surface area contributed by atoms with Crippen LogP contribution in [0, 0.1) is 12.7 Å². The molecule has 0 spiro atoms. The highest BCUT2D eigenvalue weighted by atomic mass is 19.4. The van der Waals surface area contributed by atoms with Crippen molar-refractivity contribution >= 4 is 0 Å². The fraction of sp³-hybridized carbons (Fsp3) is 0.214. The largest absolute Gasteiger partial charge is 0.416 e. The molecule has 1 heterocycles. The Morgan fingerprint density at radius 3 is 2.45 bits per heavy atom. The van der Waals surface area contributed by atoms with Crippen molar-refractivity contribution in [3.8, 4) is 0 Å². The zero-order chi connectivity index (χ0) is 14.9. The molecular weight excluding hydrogens is 274 g/mol. The summed E-state index contributed by atoms with van der Waals surface area (Å²) in [5.74, 6) is -0.513. The smallest absolute Gasteiger partial charge is 0.384 e. The van der Waals surface area contributed by atoms with Gasteiger partial charge in [-0.05, 0) is 36.2 Å². The second kappa shape index (κ2) is 5.20. The molecule has 2 aromatic rings. The fourth-order valence-electron chi connectivity index (χ4n) is 2.00. The minimum atomic E-state index is -4.59. The Kier molecular flexibility index (Phi) is 3.76. The second-order valence-electron chi connectivity index (χ2n) is 4.36. The van der Waals surface area contributed by atoms with Crippen LogP contribution in [0.15, 0.2) is 36.7 Å². The molecule has 0 amide bonds. The number of hydrogen-bond acceptors (Lipinski definition) is 2. The average Bonchev–Trinajstić information content (AvgIpc) is 2.37. The van der Waals surface area contributed by atoms with Crippen molar-refractivity contribution in [3.63, 3.8) is 0 Å². The van der Waals surface area contributed by atoms with Crippen LogP contribution in [0.25, 0.3) is 0 Å². The summed E-state index contributed by atoms with van der Waals surface area (Å²) in [5, 5.41) is 10.1. The zero-order valence-corrected chi connectivity index (χ0v) is 10.4. The van der Waals surface area contributed by atoms with Crippen LogP contribution in [0.1, 0.15) is 28.4 Å². The minimum Gasteiger partial charge on any atom is -0.384 e. The van der Waals surface area contributed by atoms with Crippen LogP contribution in [-0.4, -0.2) is 10.1 Å². The number of aromatic nitrogens is 1. The molecule has 106 valence electrons. The summed E-state index contributed by atoms with van der Waals surface area (Å²) in [6.07, 6.45) is -4.12. The van der Waals surface area contributed by atoms with Gasteiger partial charge in [0.25, 0.3) is 0 Å². The summed E-state index contributed by atoms with van der Waals surface area (Å²) < 4.78 is 51.7.